The van der Waals surface area contributed by atoms with Gasteiger partial charge in [-0.25, -0.2) is 0 Å². The Morgan fingerprint density at radius 1 is 1.43 bits per heavy atom. The third kappa shape index (κ3) is 1.51. The molecule has 3 N–H and O–H groups in total. The normalized spacial score (nSPS) is 15.0. The van der Waals surface area contributed by atoms with Crippen molar-refractivity contribution in [3.8, 4) is 5.75 Å². The van der Waals surface area contributed by atoms with Gasteiger partial charge in [0, 0.05) is 13.1 Å². The molecule has 0 atom stereocenters. The molecule has 1 aromatic carbocycles. The Hall–Kier alpha value is -1.71. The van der Waals surface area contributed by atoms with Crippen LogP contribution in [0.15, 0.2) is 18.2 Å². The van der Waals surface area contributed by atoms with Crippen LogP contribution in [-0.4, -0.2) is 17.4 Å². The van der Waals surface area contributed by atoms with Crippen LogP contribution in [0.2, 0.25) is 0 Å². The first-order chi connectivity index (χ1) is 6.66. The molecule has 0 spiro atoms. The molecule has 0 fully saturated rings. The predicted octanol–water partition coefficient (Wildman–Crippen LogP) is 1.08. The maximum Gasteiger partial charge on any atom is 0.188 e. The molecule has 0 saturated carbocycles. The van der Waals surface area contributed by atoms with Crippen LogP contribution in [-0.2, 0) is 18.1 Å². The monoisotopic (exact) mass is 190 g/mol. The number of guanidine groups is 1. The van der Waals surface area contributed by atoms with Crippen LogP contribution < -0.4 is 5.73 Å². The van der Waals surface area contributed by atoms with E-state index in [1.54, 1.807) is 17.0 Å². The van der Waals surface area contributed by atoms with Gasteiger partial charge in [-0.3, -0.25) is 10.5 Å². The third-order valence-corrected chi connectivity index (χ3v) is 2.53. The molecule has 2 rings (SSSR count). The summed E-state index contributed by atoms with van der Waals surface area (Å²) in [6, 6.07) is 5.09. The summed E-state index contributed by atoms with van der Waals surface area (Å²) in [7, 11) is 0. The first-order valence-corrected chi connectivity index (χ1v) is 4.54. The van der Waals surface area contributed by atoms with Gasteiger partial charge in [0.05, 0.1) is 0 Å². The molecule has 0 amide bonds. The molecule has 0 aliphatic carbocycles. The maximum atomic E-state index is 11.1. The summed E-state index contributed by atoms with van der Waals surface area (Å²) < 4.78 is 0. The highest BCUT2D eigenvalue weighted by Crippen LogP contribution is 2.22. The summed E-state index contributed by atoms with van der Waals surface area (Å²) in [5.41, 5.74) is 7.59. The van der Waals surface area contributed by atoms with Gasteiger partial charge >= 0.3 is 0 Å². The lowest BCUT2D eigenvalue weighted by Crippen LogP contribution is -2.39. The molecule has 1 heterocycles. The van der Waals surface area contributed by atoms with Crippen LogP contribution in [0, 0.1) is 5.41 Å². The number of nitrogens with two attached hydrogens (primary N) is 1. The van der Waals surface area contributed by atoms with Crippen LogP contribution in [0.25, 0.3) is 0 Å². The van der Waals surface area contributed by atoms with Gasteiger partial charge in [0.1, 0.15) is 0 Å². The van der Waals surface area contributed by atoms with Crippen molar-refractivity contribution in [2.45, 2.75) is 13.0 Å². The minimum atomic E-state index is 0.0224. The summed E-state index contributed by atoms with van der Waals surface area (Å²) in [5, 5.41) is 18.4. The lowest BCUT2D eigenvalue weighted by molar-refractivity contribution is 0.348. The Balaban J connectivity index is 2.29. The van der Waals surface area contributed by atoms with Gasteiger partial charge in [0.15, 0.2) is 11.7 Å². The van der Waals surface area contributed by atoms with Gasteiger partial charge in [-0.2, -0.15) is 0 Å². The van der Waals surface area contributed by atoms with Crippen LogP contribution in [0.1, 0.15) is 11.1 Å². The first-order valence-electron chi connectivity index (χ1n) is 4.54. The Labute approximate surface area is 82.5 Å². The largest absolute Gasteiger partial charge is 0.370 e. The van der Waals surface area contributed by atoms with Gasteiger partial charge in [-0.15, -0.1) is 0 Å². The SMILES string of the molecule is N=C(N)N1CCc2ccc([O])cc2C1. The van der Waals surface area contributed by atoms with Gasteiger partial charge in [-0.05, 0) is 29.7 Å². The molecular formula is C10H12N3O. The number of hydrogen-bond acceptors (Lipinski definition) is 1. The van der Waals surface area contributed by atoms with E-state index in [2.05, 4.69) is 0 Å². The Morgan fingerprint density at radius 2 is 2.21 bits per heavy atom. The second-order valence-corrected chi connectivity index (χ2v) is 3.49. The van der Waals surface area contributed by atoms with E-state index in [0.717, 1.165) is 18.5 Å². The maximum absolute atomic E-state index is 11.1. The van der Waals surface area contributed by atoms with Crippen molar-refractivity contribution in [1.29, 1.82) is 5.41 Å². The molecule has 0 unspecified atom stereocenters. The van der Waals surface area contributed by atoms with Crippen LogP contribution in [0.4, 0.5) is 0 Å². The highest BCUT2D eigenvalue weighted by molar-refractivity contribution is 5.75. The zero-order valence-corrected chi connectivity index (χ0v) is 7.79. The zero-order chi connectivity index (χ0) is 10.1. The van der Waals surface area contributed by atoms with Crippen LogP contribution >= 0.6 is 0 Å². The van der Waals surface area contributed by atoms with Crippen molar-refractivity contribution in [2.75, 3.05) is 6.54 Å². The van der Waals surface area contributed by atoms with Crippen molar-refractivity contribution < 1.29 is 5.11 Å². The number of hydrogen-bond donors (Lipinski definition) is 2. The summed E-state index contributed by atoms with van der Waals surface area (Å²) in [6.45, 7) is 1.35. The van der Waals surface area contributed by atoms with E-state index in [1.165, 1.54) is 5.56 Å². The lowest BCUT2D eigenvalue weighted by Gasteiger charge is -2.28. The average molecular weight is 190 g/mol. The molecule has 1 aromatic rings. The molecule has 0 aromatic heterocycles. The van der Waals surface area contributed by atoms with E-state index < -0.39 is 0 Å². The highest BCUT2D eigenvalue weighted by Gasteiger charge is 2.17. The minimum Gasteiger partial charge on any atom is -0.370 e. The van der Waals surface area contributed by atoms with Crippen LogP contribution in [0.5, 0.6) is 5.75 Å². The number of rotatable bonds is 0. The minimum absolute atomic E-state index is 0.0224. The Morgan fingerprint density at radius 3 is 2.93 bits per heavy atom. The van der Waals surface area contributed by atoms with Crippen molar-refractivity contribution in [2.24, 2.45) is 5.73 Å². The number of nitrogens with zero attached hydrogens (tertiary/aromatic N) is 1. The smallest absolute Gasteiger partial charge is 0.188 e. The molecule has 4 heteroatoms. The van der Waals surface area contributed by atoms with Gasteiger partial charge in [0.25, 0.3) is 0 Å². The lowest BCUT2D eigenvalue weighted by atomic mass is 10.00. The topological polar surface area (TPSA) is 73.0 Å². The van der Waals surface area contributed by atoms with Crippen molar-refractivity contribution in [3.63, 3.8) is 0 Å². The fourth-order valence-electron chi connectivity index (χ4n) is 1.74. The van der Waals surface area contributed by atoms with E-state index >= 15 is 0 Å². The summed E-state index contributed by atoms with van der Waals surface area (Å²) in [4.78, 5) is 1.77. The standard InChI is InChI=1S/C10H12N3O/c11-10(12)13-4-3-7-1-2-9(14)5-8(7)6-13/h1-2,5H,3-4,6H2,(H3,11,12). The fraction of sp³-hybridized carbons (Fsp3) is 0.300. The van der Waals surface area contributed by atoms with Gasteiger partial charge in [0.2, 0.25) is 0 Å². The quantitative estimate of drug-likeness (QED) is 0.474. The number of nitrogens with one attached hydrogen (secondary N) is 1. The van der Waals surface area contributed by atoms with Gasteiger partial charge < -0.3 is 10.6 Å². The summed E-state index contributed by atoms with van der Waals surface area (Å²) in [5.74, 6) is 0.0982. The molecule has 1 radical (unpaired) electrons. The third-order valence-electron chi connectivity index (χ3n) is 2.53. The Kier molecular flexibility index (Phi) is 2.04. The van der Waals surface area contributed by atoms with Gasteiger partial charge in [-0.1, -0.05) is 6.07 Å². The fourth-order valence-corrected chi connectivity index (χ4v) is 1.74. The molecule has 1 aliphatic heterocycles. The van der Waals surface area contributed by atoms with Crippen molar-refractivity contribution in [3.05, 3.63) is 29.3 Å². The Bertz CT molecular complexity index is 376. The number of fused-ring (bicyclic) bond motifs is 1. The molecule has 14 heavy (non-hydrogen) atoms. The average Bonchev–Trinajstić information content (AvgIpc) is 2.16. The second kappa shape index (κ2) is 3.21. The highest BCUT2D eigenvalue weighted by atomic mass is 16.3. The van der Waals surface area contributed by atoms with Crippen molar-refractivity contribution >= 4 is 5.96 Å². The summed E-state index contributed by atoms with van der Waals surface area (Å²) in [6.07, 6.45) is 0.856. The molecule has 0 saturated heterocycles. The molecule has 4 nitrogen and oxygen atoms in total. The van der Waals surface area contributed by atoms with Crippen LogP contribution in [0.3, 0.4) is 0 Å². The predicted molar refractivity (Wildman–Crippen MR) is 52.6 cm³/mol. The molecule has 73 valence electrons. The zero-order valence-electron chi connectivity index (χ0n) is 7.79. The second-order valence-electron chi connectivity index (χ2n) is 3.49. The van der Waals surface area contributed by atoms with E-state index in [9.17, 15) is 5.11 Å². The van der Waals surface area contributed by atoms with E-state index in [-0.39, 0.29) is 11.7 Å². The van der Waals surface area contributed by atoms with E-state index in [4.69, 9.17) is 11.1 Å². The molecular weight excluding hydrogens is 178 g/mol. The van der Waals surface area contributed by atoms with Crippen molar-refractivity contribution in [1.82, 2.24) is 4.90 Å². The number of benzene rings is 1. The van der Waals surface area contributed by atoms with E-state index in [1.807, 2.05) is 6.07 Å². The first kappa shape index (κ1) is 8.87. The molecule has 0 bridgehead atoms. The van der Waals surface area contributed by atoms with E-state index in [0.29, 0.717) is 6.54 Å². The molecule has 1 aliphatic rings. The summed E-state index contributed by atoms with van der Waals surface area (Å²) >= 11 is 0.